The molecule has 0 saturated heterocycles. The lowest BCUT2D eigenvalue weighted by Crippen LogP contribution is -2.30. The quantitative estimate of drug-likeness (QED) is 0.785. The summed E-state index contributed by atoms with van der Waals surface area (Å²) in [6.07, 6.45) is 6.46. The van der Waals surface area contributed by atoms with Crippen LogP contribution in [0.25, 0.3) is 0 Å². The van der Waals surface area contributed by atoms with E-state index < -0.39 is 0 Å². The predicted molar refractivity (Wildman–Crippen MR) is 59.4 cm³/mol. The van der Waals surface area contributed by atoms with Crippen LogP contribution in [0.1, 0.15) is 24.3 Å². The van der Waals surface area contributed by atoms with Crippen molar-refractivity contribution < 1.29 is 0 Å². The van der Waals surface area contributed by atoms with Crippen LogP contribution in [0.15, 0.2) is 11.6 Å². The third kappa shape index (κ3) is 2.77. The van der Waals surface area contributed by atoms with Crippen molar-refractivity contribution in [2.75, 3.05) is 6.54 Å². The van der Waals surface area contributed by atoms with E-state index in [0.29, 0.717) is 12.1 Å². The lowest BCUT2D eigenvalue weighted by atomic mass is 10.2. The molecule has 0 aliphatic heterocycles. The zero-order valence-electron chi connectivity index (χ0n) is 8.28. The fourth-order valence-corrected chi connectivity index (χ4v) is 2.58. The molecule has 2 rings (SSSR count). The number of thiazole rings is 1. The van der Waals surface area contributed by atoms with Gasteiger partial charge >= 0.3 is 0 Å². The molecular weight excluding hydrogens is 194 g/mol. The Bertz CT molecular complexity index is 260. The van der Waals surface area contributed by atoms with Crippen molar-refractivity contribution in [2.45, 2.75) is 37.8 Å². The molecule has 78 valence electrons. The second-order valence-corrected chi connectivity index (χ2v) is 4.88. The molecule has 2 unspecified atom stereocenters. The molecule has 0 amide bonds. The number of nitrogens with two attached hydrogens (primary N) is 1. The van der Waals surface area contributed by atoms with E-state index in [4.69, 9.17) is 5.73 Å². The van der Waals surface area contributed by atoms with Gasteiger partial charge in [-0.2, -0.15) is 0 Å². The average Bonchev–Trinajstić information content (AvgIpc) is 2.77. The maximum absolute atomic E-state index is 5.84. The molecule has 1 aliphatic carbocycles. The number of rotatable bonds is 4. The molecule has 3 nitrogen and oxygen atoms in total. The summed E-state index contributed by atoms with van der Waals surface area (Å²) in [4.78, 5) is 4.25. The second-order valence-electron chi connectivity index (χ2n) is 3.90. The molecule has 14 heavy (non-hydrogen) atoms. The number of hydrogen-bond donors (Lipinski definition) is 2. The molecule has 1 heterocycles. The maximum atomic E-state index is 5.84. The Morgan fingerprint density at radius 1 is 1.57 bits per heavy atom. The molecule has 0 spiro atoms. The molecule has 1 aromatic heterocycles. The van der Waals surface area contributed by atoms with E-state index in [0.717, 1.165) is 19.4 Å². The van der Waals surface area contributed by atoms with E-state index in [1.807, 2.05) is 11.6 Å². The van der Waals surface area contributed by atoms with Gasteiger partial charge in [-0.3, -0.25) is 0 Å². The first-order chi connectivity index (χ1) is 6.84. The lowest BCUT2D eigenvalue weighted by Gasteiger charge is -2.10. The first kappa shape index (κ1) is 10.1. The summed E-state index contributed by atoms with van der Waals surface area (Å²) in [6, 6.07) is 1.07. The van der Waals surface area contributed by atoms with Crippen LogP contribution in [0.2, 0.25) is 0 Å². The highest BCUT2D eigenvalue weighted by molar-refractivity contribution is 7.09. The standard InChI is InChI=1S/C10H17N3S/c11-8-1-2-9(7-8)12-4-3-10-13-5-6-14-10/h5-6,8-9,12H,1-4,7,11H2. The lowest BCUT2D eigenvalue weighted by molar-refractivity contribution is 0.520. The smallest absolute Gasteiger partial charge is 0.0937 e. The van der Waals surface area contributed by atoms with Gasteiger partial charge in [-0.1, -0.05) is 0 Å². The summed E-state index contributed by atoms with van der Waals surface area (Å²) in [5.74, 6) is 0. The van der Waals surface area contributed by atoms with Gasteiger partial charge in [0.2, 0.25) is 0 Å². The molecule has 1 aliphatic rings. The highest BCUT2D eigenvalue weighted by Gasteiger charge is 2.20. The summed E-state index contributed by atoms with van der Waals surface area (Å²) < 4.78 is 0. The monoisotopic (exact) mass is 211 g/mol. The Labute approximate surface area is 88.7 Å². The number of aromatic nitrogens is 1. The Kier molecular flexibility index (Phi) is 3.50. The minimum atomic E-state index is 0.423. The molecule has 4 heteroatoms. The van der Waals surface area contributed by atoms with Crippen LogP contribution in [0, 0.1) is 0 Å². The van der Waals surface area contributed by atoms with Gasteiger partial charge in [-0.05, 0) is 19.3 Å². The molecular formula is C10H17N3S. The number of hydrogen-bond acceptors (Lipinski definition) is 4. The van der Waals surface area contributed by atoms with E-state index in [9.17, 15) is 0 Å². The Morgan fingerprint density at radius 3 is 3.14 bits per heavy atom. The van der Waals surface area contributed by atoms with Crippen LogP contribution in [0.3, 0.4) is 0 Å². The first-order valence-electron chi connectivity index (χ1n) is 5.22. The average molecular weight is 211 g/mol. The Hall–Kier alpha value is -0.450. The van der Waals surface area contributed by atoms with E-state index in [-0.39, 0.29) is 0 Å². The van der Waals surface area contributed by atoms with E-state index in [1.54, 1.807) is 11.3 Å². The van der Waals surface area contributed by atoms with Crippen LogP contribution >= 0.6 is 11.3 Å². The number of nitrogens with zero attached hydrogens (tertiary/aromatic N) is 1. The van der Waals surface area contributed by atoms with Gasteiger partial charge in [0.05, 0.1) is 5.01 Å². The summed E-state index contributed by atoms with van der Waals surface area (Å²) in [5, 5.41) is 6.79. The van der Waals surface area contributed by atoms with Crippen molar-refractivity contribution in [3.8, 4) is 0 Å². The van der Waals surface area contributed by atoms with Gasteiger partial charge in [0, 0.05) is 36.6 Å². The molecule has 1 aromatic rings. The molecule has 0 radical (unpaired) electrons. The zero-order chi connectivity index (χ0) is 9.80. The topological polar surface area (TPSA) is 50.9 Å². The number of nitrogens with one attached hydrogen (secondary N) is 1. The zero-order valence-corrected chi connectivity index (χ0v) is 9.09. The van der Waals surface area contributed by atoms with Gasteiger partial charge in [0.25, 0.3) is 0 Å². The highest BCUT2D eigenvalue weighted by Crippen LogP contribution is 2.16. The van der Waals surface area contributed by atoms with Gasteiger partial charge in [0.1, 0.15) is 0 Å². The highest BCUT2D eigenvalue weighted by atomic mass is 32.1. The maximum Gasteiger partial charge on any atom is 0.0937 e. The molecule has 0 aromatic carbocycles. The van der Waals surface area contributed by atoms with Crippen LogP contribution in [0.4, 0.5) is 0 Å². The van der Waals surface area contributed by atoms with Crippen LogP contribution in [-0.2, 0) is 6.42 Å². The van der Waals surface area contributed by atoms with Crippen molar-refractivity contribution in [1.82, 2.24) is 10.3 Å². The third-order valence-electron chi connectivity index (χ3n) is 2.73. The Balaban J connectivity index is 1.64. The normalized spacial score (nSPS) is 26.9. The minimum Gasteiger partial charge on any atom is -0.328 e. The van der Waals surface area contributed by atoms with Crippen molar-refractivity contribution in [1.29, 1.82) is 0 Å². The van der Waals surface area contributed by atoms with Gasteiger partial charge in [-0.25, -0.2) is 4.98 Å². The van der Waals surface area contributed by atoms with E-state index in [2.05, 4.69) is 10.3 Å². The van der Waals surface area contributed by atoms with Gasteiger partial charge in [0.15, 0.2) is 0 Å². The summed E-state index contributed by atoms with van der Waals surface area (Å²) >= 11 is 1.73. The third-order valence-corrected chi connectivity index (χ3v) is 3.57. The molecule has 2 atom stereocenters. The van der Waals surface area contributed by atoms with Crippen LogP contribution in [0.5, 0.6) is 0 Å². The van der Waals surface area contributed by atoms with Crippen LogP contribution < -0.4 is 11.1 Å². The van der Waals surface area contributed by atoms with E-state index in [1.165, 1.54) is 17.8 Å². The predicted octanol–water partition coefficient (Wildman–Crippen LogP) is 1.15. The molecule has 3 N–H and O–H groups in total. The summed E-state index contributed by atoms with van der Waals surface area (Å²) in [6.45, 7) is 1.03. The van der Waals surface area contributed by atoms with Crippen LogP contribution in [-0.4, -0.2) is 23.6 Å². The summed E-state index contributed by atoms with van der Waals surface area (Å²) in [5.41, 5.74) is 5.84. The van der Waals surface area contributed by atoms with Crippen molar-refractivity contribution in [3.63, 3.8) is 0 Å². The summed E-state index contributed by atoms with van der Waals surface area (Å²) in [7, 11) is 0. The molecule has 0 bridgehead atoms. The Morgan fingerprint density at radius 2 is 2.50 bits per heavy atom. The molecule has 1 fully saturated rings. The largest absolute Gasteiger partial charge is 0.328 e. The first-order valence-corrected chi connectivity index (χ1v) is 6.10. The van der Waals surface area contributed by atoms with E-state index >= 15 is 0 Å². The SMILES string of the molecule is NC1CCC(NCCc2nccs2)C1. The molecule has 1 saturated carbocycles. The van der Waals surface area contributed by atoms with Crippen molar-refractivity contribution in [2.24, 2.45) is 5.73 Å². The fourth-order valence-electron chi connectivity index (χ4n) is 1.96. The van der Waals surface area contributed by atoms with Gasteiger partial charge < -0.3 is 11.1 Å². The van der Waals surface area contributed by atoms with Crippen molar-refractivity contribution >= 4 is 11.3 Å². The minimum absolute atomic E-state index is 0.423. The second kappa shape index (κ2) is 4.87. The fraction of sp³-hybridized carbons (Fsp3) is 0.700. The van der Waals surface area contributed by atoms with Crippen molar-refractivity contribution in [3.05, 3.63) is 16.6 Å². The van der Waals surface area contributed by atoms with Gasteiger partial charge in [-0.15, -0.1) is 11.3 Å².